The summed E-state index contributed by atoms with van der Waals surface area (Å²) in [5, 5.41) is 11.2. The number of aliphatic carboxylic acids is 1. The van der Waals surface area contributed by atoms with Crippen molar-refractivity contribution in [2.24, 2.45) is 5.73 Å². The van der Waals surface area contributed by atoms with Crippen LogP contribution in [0.1, 0.15) is 12.8 Å². The molecule has 13 heteroatoms. The third-order valence-electron chi connectivity index (χ3n) is 4.14. The fourth-order valence-electron chi connectivity index (χ4n) is 2.36. The summed E-state index contributed by atoms with van der Waals surface area (Å²) in [6.45, 7) is 7.20. The summed E-state index contributed by atoms with van der Waals surface area (Å²) in [7, 11) is 1.63. The summed E-state index contributed by atoms with van der Waals surface area (Å²) in [4.78, 5) is 22.1. The molecule has 0 bridgehead atoms. The summed E-state index contributed by atoms with van der Waals surface area (Å²) in [6.07, 6.45) is -0.0170. The minimum Gasteiger partial charge on any atom is -0.481 e. The molecular weight excluding hydrogens is 468 g/mol. The van der Waals surface area contributed by atoms with Gasteiger partial charge in [0.2, 0.25) is 5.91 Å². The summed E-state index contributed by atoms with van der Waals surface area (Å²) < 4.78 is 42.4. The Labute approximate surface area is 207 Å². The lowest BCUT2D eigenvalue weighted by atomic mass is 10.2. The highest BCUT2D eigenvalue weighted by molar-refractivity contribution is 5.76. The molecule has 13 nitrogen and oxygen atoms in total. The first kappa shape index (κ1) is 33.6. The third-order valence-corrected chi connectivity index (χ3v) is 4.14. The van der Waals surface area contributed by atoms with Gasteiger partial charge in [-0.2, -0.15) is 0 Å². The van der Waals surface area contributed by atoms with Gasteiger partial charge in [-0.05, 0) is 0 Å². The van der Waals surface area contributed by atoms with Crippen LogP contribution in [-0.2, 0) is 47.5 Å². The van der Waals surface area contributed by atoms with Gasteiger partial charge >= 0.3 is 5.97 Å². The maximum absolute atomic E-state index is 11.6. The average Bonchev–Trinajstić information content (AvgIpc) is 2.82. The molecule has 0 rings (SSSR count). The quantitative estimate of drug-likeness (QED) is 0.110. The van der Waals surface area contributed by atoms with Crippen molar-refractivity contribution in [3.8, 4) is 0 Å². The molecule has 0 spiro atoms. The topological polar surface area (TPSA) is 166 Å². The molecule has 0 unspecified atom stereocenters. The number of carboxylic acids is 1. The number of rotatable bonds is 28. The van der Waals surface area contributed by atoms with Crippen molar-refractivity contribution >= 4 is 11.9 Å². The van der Waals surface area contributed by atoms with Crippen LogP contribution < -0.4 is 11.1 Å². The second-order valence-electron chi connectivity index (χ2n) is 7.19. The van der Waals surface area contributed by atoms with E-state index in [2.05, 4.69) is 5.32 Å². The lowest BCUT2D eigenvalue weighted by molar-refractivity contribution is -0.137. The lowest BCUT2D eigenvalue weighted by Gasteiger charge is -2.10. The van der Waals surface area contributed by atoms with Crippen molar-refractivity contribution < 1.29 is 52.6 Å². The molecule has 0 aliphatic rings. The monoisotopic (exact) mass is 512 g/mol. The number of carboxylic acid groups (broad SMARTS) is 1. The van der Waals surface area contributed by atoms with Crippen LogP contribution in [0.4, 0.5) is 0 Å². The Kier molecular flexibility index (Phi) is 26.1. The summed E-state index contributed by atoms with van der Waals surface area (Å²) >= 11 is 0. The fourth-order valence-corrected chi connectivity index (χ4v) is 2.36. The second kappa shape index (κ2) is 27.2. The molecular formula is C22H44N2O11. The summed E-state index contributed by atoms with van der Waals surface area (Å²) in [5.74, 6) is -1.23. The van der Waals surface area contributed by atoms with Crippen LogP contribution in [0.2, 0.25) is 0 Å². The van der Waals surface area contributed by atoms with E-state index in [9.17, 15) is 9.59 Å². The van der Waals surface area contributed by atoms with Crippen LogP contribution in [0.15, 0.2) is 0 Å². The molecule has 208 valence electrons. The first-order chi connectivity index (χ1) is 17.1. The highest BCUT2D eigenvalue weighted by Gasteiger charge is 2.09. The number of methoxy groups -OCH3 is 1. The van der Waals surface area contributed by atoms with Crippen molar-refractivity contribution in [3.63, 3.8) is 0 Å². The molecule has 1 amide bonds. The Morgan fingerprint density at radius 1 is 0.657 bits per heavy atom. The van der Waals surface area contributed by atoms with E-state index in [4.69, 9.17) is 48.7 Å². The van der Waals surface area contributed by atoms with E-state index in [0.29, 0.717) is 92.5 Å². The van der Waals surface area contributed by atoms with E-state index in [1.54, 1.807) is 7.11 Å². The van der Waals surface area contributed by atoms with Gasteiger partial charge in [0, 0.05) is 26.1 Å². The Morgan fingerprint density at radius 3 is 1.34 bits per heavy atom. The first-order valence-electron chi connectivity index (χ1n) is 11.8. The number of hydrogen-bond donors (Lipinski definition) is 3. The SMILES string of the molecule is COCCOCCOCCOCCOCCOCCOCCOCCC(=O)NC[C@H](N)CC(=O)O. The van der Waals surface area contributed by atoms with E-state index >= 15 is 0 Å². The van der Waals surface area contributed by atoms with E-state index < -0.39 is 12.0 Å². The number of amides is 1. The number of nitrogens with one attached hydrogen (secondary N) is 1. The smallest absolute Gasteiger partial charge is 0.304 e. The Hall–Kier alpha value is -1.42. The Bertz CT molecular complexity index is 486. The Balaban J connectivity index is 3.16. The minimum atomic E-state index is -0.996. The van der Waals surface area contributed by atoms with Gasteiger partial charge < -0.3 is 54.1 Å². The van der Waals surface area contributed by atoms with Gasteiger partial charge in [-0.25, -0.2) is 0 Å². The molecule has 0 radical (unpaired) electrons. The van der Waals surface area contributed by atoms with Crippen LogP contribution in [0.25, 0.3) is 0 Å². The van der Waals surface area contributed by atoms with Crippen LogP contribution in [0, 0.1) is 0 Å². The number of nitrogens with two attached hydrogens (primary N) is 1. The molecule has 1 atom stereocenters. The van der Waals surface area contributed by atoms with Gasteiger partial charge in [-0.3, -0.25) is 9.59 Å². The van der Waals surface area contributed by atoms with Crippen LogP contribution >= 0.6 is 0 Å². The molecule has 0 fully saturated rings. The van der Waals surface area contributed by atoms with Gasteiger partial charge in [0.25, 0.3) is 0 Å². The van der Waals surface area contributed by atoms with Gasteiger partial charge in [0.05, 0.1) is 106 Å². The van der Waals surface area contributed by atoms with Crippen molar-refractivity contribution in [2.75, 3.05) is 113 Å². The highest BCUT2D eigenvalue weighted by atomic mass is 16.6. The normalized spacial score (nSPS) is 12.1. The zero-order chi connectivity index (χ0) is 25.8. The lowest BCUT2D eigenvalue weighted by Crippen LogP contribution is -2.38. The number of carbonyl (C=O) groups is 2. The minimum absolute atomic E-state index is 0.121. The molecule has 0 saturated heterocycles. The van der Waals surface area contributed by atoms with Gasteiger partial charge in [-0.1, -0.05) is 0 Å². The first-order valence-corrected chi connectivity index (χ1v) is 11.8. The second-order valence-corrected chi connectivity index (χ2v) is 7.19. The average molecular weight is 513 g/mol. The molecule has 0 heterocycles. The molecule has 0 aliphatic carbocycles. The largest absolute Gasteiger partial charge is 0.481 e. The molecule has 0 aromatic carbocycles. The molecule has 0 aromatic rings. The standard InChI is InChI=1S/C22H44N2O11/c1-28-4-5-30-8-9-32-12-13-34-16-17-35-15-14-33-11-10-31-7-6-29-3-2-21(25)24-19-20(23)18-22(26)27/h20H,2-19,23H2,1H3,(H,24,25)(H,26,27)/t20-/m1/s1. The van der Waals surface area contributed by atoms with Gasteiger partial charge in [0.1, 0.15) is 0 Å². The molecule has 0 aromatic heterocycles. The number of carbonyl (C=O) groups excluding carboxylic acids is 1. The van der Waals surface area contributed by atoms with E-state index in [1.807, 2.05) is 0 Å². The van der Waals surface area contributed by atoms with E-state index in [1.165, 1.54) is 0 Å². The fraction of sp³-hybridized carbons (Fsp3) is 0.909. The zero-order valence-corrected chi connectivity index (χ0v) is 20.9. The molecule has 35 heavy (non-hydrogen) atoms. The van der Waals surface area contributed by atoms with Crippen molar-refractivity contribution in [3.05, 3.63) is 0 Å². The maximum Gasteiger partial charge on any atom is 0.304 e. The number of ether oxygens (including phenoxy) is 8. The predicted molar refractivity (Wildman–Crippen MR) is 125 cm³/mol. The zero-order valence-electron chi connectivity index (χ0n) is 20.9. The van der Waals surface area contributed by atoms with Crippen LogP contribution in [0.3, 0.4) is 0 Å². The van der Waals surface area contributed by atoms with Crippen molar-refractivity contribution in [1.29, 1.82) is 0 Å². The van der Waals surface area contributed by atoms with Gasteiger partial charge in [-0.15, -0.1) is 0 Å². The van der Waals surface area contributed by atoms with Gasteiger partial charge in [0.15, 0.2) is 0 Å². The summed E-state index contributed by atoms with van der Waals surface area (Å²) in [5.41, 5.74) is 5.56. The van der Waals surface area contributed by atoms with E-state index in [0.717, 1.165) is 0 Å². The van der Waals surface area contributed by atoms with E-state index in [-0.39, 0.29) is 31.9 Å². The number of hydrogen-bond acceptors (Lipinski definition) is 11. The molecule has 0 aliphatic heterocycles. The third kappa shape index (κ3) is 28.7. The van der Waals surface area contributed by atoms with Crippen molar-refractivity contribution in [1.82, 2.24) is 5.32 Å². The molecule has 4 N–H and O–H groups in total. The molecule has 0 saturated carbocycles. The van der Waals surface area contributed by atoms with Crippen LogP contribution in [0.5, 0.6) is 0 Å². The summed E-state index contributed by atoms with van der Waals surface area (Å²) in [6, 6.07) is -0.604. The predicted octanol–water partition coefficient (Wildman–Crippen LogP) is -0.943. The highest BCUT2D eigenvalue weighted by Crippen LogP contribution is 1.89. The van der Waals surface area contributed by atoms with Crippen molar-refractivity contribution in [2.45, 2.75) is 18.9 Å². The Morgan fingerprint density at radius 2 is 1.00 bits per heavy atom. The maximum atomic E-state index is 11.6. The van der Waals surface area contributed by atoms with Crippen LogP contribution in [-0.4, -0.2) is 136 Å².